The molecule has 120 valence electrons. The molecular formula is C16H23N3O3. The summed E-state index contributed by atoms with van der Waals surface area (Å²) in [5.74, 6) is -1.11. The Bertz CT molecular complexity index is 574. The summed E-state index contributed by atoms with van der Waals surface area (Å²) in [5, 5.41) is 12.0. The summed E-state index contributed by atoms with van der Waals surface area (Å²) < 4.78 is 0. The number of likely N-dealkylation sites (tertiary alicyclic amines) is 1. The van der Waals surface area contributed by atoms with Crippen molar-refractivity contribution in [1.82, 2.24) is 15.2 Å². The molecule has 6 nitrogen and oxygen atoms in total. The van der Waals surface area contributed by atoms with Crippen LogP contribution in [0.2, 0.25) is 0 Å². The van der Waals surface area contributed by atoms with Crippen LogP contribution in [-0.4, -0.2) is 40.1 Å². The van der Waals surface area contributed by atoms with Gasteiger partial charge < -0.3 is 15.3 Å². The molecule has 1 aromatic rings. The minimum atomic E-state index is -0.831. The van der Waals surface area contributed by atoms with Crippen LogP contribution in [0.3, 0.4) is 0 Å². The summed E-state index contributed by atoms with van der Waals surface area (Å²) in [7, 11) is 0. The number of aryl methyl sites for hydroxylation is 2. The van der Waals surface area contributed by atoms with E-state index in [1.807, 2.05) is 26.8 Å². The predicted molar refractivity (Wildman–Crippen MR) is 82.4 cm³/mol. The van der Waals surface area contributed by atoms with E-state index in [2.05, 4.69) is 10.3 Å². The SMILES string of the molecule is Cc1cc(C)c(CNC(=O)N2CC(C)CC(C(=O)O)C2)cn1. The molecule has 1 fully saturated rings. The topological polar surface area (TPSA) is 82.5 Å². The van der Waals surface area contributed by atoms with E-state index in [1.165, 1.54) is 0 Å². The first-order valence-corrected chi connectivity index (χ1v) is 7.54. The van der Waals surface area contributed by atoms with Crippen LogP contribution in [0, 0.1) is 25.7 Å². The number of hydrogen-bond acceptors (Lipinski definition) is 3. The first-order valence-electron chi connectivity index (χ1n) is 7.54. The second-order valence-corrected chi connectivity index (χ2v) is 6.19. The maximum absolute atomic E-state index is 12.3. The number of rotatable bonds is 3. The van der Waals surface area contributed by atoms with Crippen molar-refractivity contribution in [3.05, 3.63) is 29.1 Å². The van der Waals surface area contributed by atoms with Crippen LogP contribution in [0.4, 0.5) is 4.79 Å². The van der Waals surface area contributed by atoms with Crippen molar-refractivity contribution in [2.24, 2.45) is 11.8 Å². The zero-order chi connectivity index (χ0) is 16.3. The van der Waals surface area contributed by atoms with E-state index in [1.54, 1.807) is 11.1 Å². The van der Waals surface area contributed by atoms with Gasteiger partial charge in [-0.1, -0.05) is 6.92 Å². The largest absolute Gasteiger partial charge is 0.481 e. The van der Waals surface area contributed by atoms with Crippen LogP contribution in [0.25, 0.3) is 0 Å². The highest BCUT2D eigenvalue weighted by atomic mass is 16.4. The summed E-state index contributed by atoms with van der Waals surface area (Å²) >= 11 is 0. The molecule has 1 aliphatic heterocycles. The Labute approximate surface area is 130 Å². The number of carbonyl (C=O) groups is 2. The monoisotopic (exact) mass is 305 g/mol. The number of pyridine rings is 1. The van der Waals surface area contributed by atoms with Gasteiger partial charge in [-0.15, -0.1) is 0 Å². The van der Waals surface area contributed by atoms with Gasteiger partial charge in [0, 0.05) is 31.5 Å². The van der Waals surface area contributed by atoms with Crippen molar-refractivity contribution < 1.29 is 14.7 Å². The van der Waals surface area contributed by atoms with Gasteiger partial charge in [0.2, 0.25) is 0 Å². The van der Waals surface area contributed by atoms with E-state index in [4.69, 9.17) is 5.11 Å². The van der Waals surface area contributed by atoms with Crippen LogP contribution in [0.15, 0.2) is 12.3 Å². The van der Waals surface area contributed by atoms with Gasteiger partial charge in [-0.3, -0.25) is 9.78 Å². The normalized spacial score (nSPS) is 21.5. The number of aromatic nitrogens is 1. The zero-order valence-electron chi connectivity index (χ0n) is 13.3. The molecule has 2 N–H and O–H groups in total. The fourth-order valence-electron chi connectivity index (χ4n) is 2.89. The van der Waals surface area contributed by atoms with Crippen molar-refractivity contribution in [3.8, 4) is 0 Å². The minimum Gasteiger partial charge on any atom is -0.481 e. The van der Waals surface area contributed by atoms with Crippen molar-refractivity contribution in [1.29, 1.82) is 0 Å². The fraction of sp³-hybridized carbons (Fsp3) is 0.562. The standard InChI is InChI=1S/C16H23N3O3/c1-10-4-13(15(20)21)9-19(8-10)16(22)18-7-14-6-17-12(3)5-11(14)2/h5-6,10,13H,4,7-9H2,1-3H3,(H,18,22)(H,20,21). The van der Waals surface area contributed by atoms with Gasteiger partial charge in [0.05, 0.1) is 5.92 Å². The molecule has 2 unspecified atom stereocenters. The van der Waals surface area contributed by atoms with Gasteiger partial charge in [-0.25, -0.2) is 4.79 Å². The van der Waals surface area contributed by atoms with E-state index >= 15 is 0 Å². The maximum Gasteiger partial charge on any atom is 0.317 e. The summed E-state index contributed by atoms with van der Waals surface area (Å²) in [6.45, 7) is 7.16. The first kappa shape index (κ1) is 16.3. The van der Waals surface area contributed by atoms with E-state index in [0.29, 0.717) is 19.5 Å². The fourth-order valence-corrected chi connectivity index (χ4v) is 2.89. The molecule has 0 aliphatic carbocycles. The molecule has 2 heterocycles. The van der Waals surface area contributed by atoms with Crippen molar-refractivity contribution >= 4 is 12.0 Å². The summed E-state index contributed by atoms with van der Waals surface area (Å²) in [6.07, 6.45) is 2.39. The van der Waals surface area contributed by atoms with E-state index in [9.17, 15) is 9.59 Å². The number of carboxylic acid groups (broad SMARTS) is 1. The Morgan fingerprint density at radius 3 is 2.77 bits per heavy atom. The van der Waals surface area contributed by atoms with Crippen LogP contribution < -0.4 is 5.32 Å². The molecule has 2 amide bonds. The smallest absolute Gasteiger partial charge is 0.317 e. The molecule has 1 aliphatic rings. The van der Waals surface area contributed by atoms with Crippen LogP contribution >= 0.6 is 0 Å². The lowest BCUT2D eigenvalue weighted by atomic mass is 9.91. The molecule has 22 heavy (non-hydrogen) atoms. The molecule has 2 atom stereocenters. The lowest BCUT2D eigenvalue weighted by Crippen LogP contribution is -2.49. The third-order valence-corrected chi connectivity index (χ3v) is 4.08. The molecule has 2 rings (SSSR count). The van der Waals surface area contributed by atoms with Crippen molar-refractivity contribution in [2.75, 3.05) is 13.1 Å². The quantitative estimate of drug-likeness (QED) is 0.894. The van der Waals surface area contributed by atoms with Crippen LogP contribution in [0.1, 0.15) is 30.2 Å². The predicted octanol–water partition coefficient (Wildman–Crippen LogP) is 1.95. The minimum absolute atomic E-state index is 0.198. The van der Waals surface area contributed by atoms with Gasteiger partial charge in [-0.05, 0) is 43.4 Å². The highest BCUT2D eigenvalue weighted by Gasteiger charge is 2.31. The molecule has 0 bridgehead atoms. The second-order valence-electron chi connectivity index (χ2n) is 6.19. The number of nitrogens with zero attached hydrogens (tertiary/aromatic N) is 2. The third kappa shape index (κ3) is 3.96. The molecule has 1 aromatic heterocycles. The average Bonchev–Trinajstić information content (AvgIpc) is 2.45. The second kappa shape index (κ2) is 6.77. The molecule has 0 radical (unpaired) electrons. The molecular weight excluding hydrogens is 282 g/mol. The van der Waals surface area contributed by atoms with Gasteiger partial charge in [-0.2, -0.15) is 0 Å². The van der Waals surface area contributed by atoms with Gasteiger partial charge in [0.25, 0.3) is 0 Å². The van der Waals surface area contributed by atoms with Crippen molar-refractivity contribution in [2.45, 2.75) is 33.7 Å². The average molecular weight is 305 g/mol. The summed E-state index contributed by atoms with van der Waals surface area (Å²) in [5.41, 5.74) is 3.00. The number of nitrogens with one attached hydrogen (secondary N) is 1. The molecule has 1 saturated heterocycles. The number of hydrogen-bond donors (Lipinski definition) is 2. The van der Waals surface area contributed by atoms with E-state index in [-0.39, 0.29) is 18.5 Å². The lowest BCUT2D eigenvalue weighted by molar-refractivity contribution is -0.143. The van der Waals surface area contributed by atoms with Gasteiger partial charge >= 0.3 is 12.0 Å². The zero-order valence-corrected chi connectivity index (χ0v) is 13.3. The number of carboxylic acids is 1. The lowest BCUT2D eigenvalue weighted by Gasteiger charge is -2.34. The molecule has 0 spiro atoms. The first-order chi connectivity index (χ1) is 10.4. The Kier molecular flexibility index (Phi) is 5.00. The Balaban J connectivity index is 1.95. The highest BCUT2D eigenvalue weighted by molar-refractivity contribution is 5.76. The van der Waals surface area contributed by atoms with Crippen LogP contribution in [-0.2, 0) is 11.3 Å². The third-order valence-electron chi connectivity index (χ3n) is 4.08. The van der Waals surface area contributed by atoms with E-state index in [0.717, 1.165) is 16.8 Å². The number of piperidine rings is 1. The summed E-state index contributed by atoms with van der Waals surface area (Å²) in [4.78, 5) is 29.3. The molecule has 6 heteroatoms. The summed E-state index contributed by atoms with van der Waals surface area (Å²) in [6, 6.07) is 1.77. The number of amides is 2. The Hall–Kier alpha value is -2.11. The highest BCUT2D eigenvalue weighted by Crippen LogP contribution is 2.21. The van der Waals surface area contributed by atoms with Crippen LogP contribution in [0.5, 0.6) is 0 Å². The molecule has 0 aromatic carbocycles. The van der Waals surface area contributed by atoms with E-state index < -0.39 is 11.9 Å². The van der Waals surface area contributed by atoms with Gasteiger partial charge in [0.1, 0.15) is 0 Å². The molecule has 0 saturated carbocycles. The maximum atomic E-state index is 12.3. The number of urea groups is 1. The Morgan fingerprint density at radius 1 is 1.41 bits per heavy atom. The number of aliphatic carboxylic acids is 1. The number of carbonyl (C=O) groups excluding carboxylic acids is 1. The Morgan fingerprint density at radius 2 is 2.14 bits per heavy atom. The van der Waals surface area contributed by atoms with Crippen molar-refractivity contribution in [3.63, 3.8) is 0 Å². The van der Waals surface area contributed by atoms with Gasteiger partial charge in [0.15, 0.2) is 0 Å².